The molecule has 0 aromatic carbocycles. The van der Waals surface area contributed by atoms with Crippen LogP contribution in [0, 0.1) is 0 Å². The minimum absolute atomic E-state index is 0.0346. The fraction of sp³-hybridized carbons (Fsp3) is 0.706. The molecule has 0 saturated carbocycles. The molecule has 1 heterocycles. The van der Waals surface area contributed by atoms with Gasteiger partial charge >= 0.3 is 23.9 Å². The van der Waals surface area contributed by atoms with E-state index in [0.717, 1.165) is 20.8 Å². The first kappa shape index (κ1) is 23.5. The predicted octanol–water partition coefficient (Wildman–Crippen LogP) is -0.325. The van der Waals surface area contributed by atoms with Gasteiger partial charge in [-0.05, 0) is 0 Å². The van der Waals surface area contributed by atoms with E-state index in [-0.39, 0.29) is 19.6 Å². The van der Waals surface area contributed by atoms with E-state index >= 15 is 0 Å². The quantitative estimate of drug-likeness (QED) is 0.216. The SMILES string of the molecule is CC(=O)OC[C@H]1O[C@@H](OCCC=O)[C@H](OC(C)=O)[C@@H](OC(C)=O)[C@@H]1OC(C)=O. The molecule has 11 heteroatoms. The Labute approximate surface area is 161 Å². The maximum Gasteiger partial charge on any atom is 0.303 e. The average molecular weight is 404 g/mol. The average Bonchev–Trinajstić information content (AvgIpc) is 2.57. The Morgan fingerprint density at radius 2 is 1.36 bits per heavy atom. The van der Waals surface area contributed by atoms with Crippen LogP contribution in [-0.4, -0.2) is 74.1 Å². The van der Waals surface area contributed by atoms with Gasteiger partial charge in [0.05, 0.1) is 6.61 Å². The van der Waals surface area contributed by atoms with E-state index in [9.17, 15) is 24.0 Å². The van der Waals surface area contributed by atoms with Gasteiger partial charge in [-0.15, -0.1) is 0 Å². The van der Waals surface area contributed by atoms with Crippen molar-refractivity contribution >= 4 is 30.2 Å². The second kappa shape index (κ2) is 11.3. The summed E-state index contributed by atoms with van der Waals surface area (Å²) in [6.45, 7) is 4.13. The molecule has 0 unspecified atom stereocenters. The highest BCUT2D eigenvalue weighted by molar-refractivity contribution is 5.68. The van der Waals surface area contributed by atoms with Crippen molar-refractivity contribution in [3.05, 3.63) is 0 Å². The van der Waals surface area contributed by atoms with E-state index in [4.69, 9.17) is 28.4 Å². The lowest BCUT2D eigenvalue weighted by Crippen LogP contribution is -2.63. The zero-order chi connectivity index (χ0) is 21.3. The summed E-state index contributed by atoms with van der Waals surface area (Å²) in [4.78, 5) is 56.4. The van der Waals surface area contributed by atoms with Crippen LogP contribution in [0.2, 0.25) is 0 Å². The maximum absolute atomic E-state index is 11.6. The summed E-state index contributed by atoms with van der Waals surface area (Å²) >= 11 is 0. The van der Waals surface area contributed by atoms with Crippen LogP contribution in [0.4, 0.5) is 0 Å². The molecule has 11 nitrogen and oxygen atoms in total. The Bertz CT molecular complexity index is 588. The van der Waals surface area contributed by atoms with Crippen molar-refractivity contribution in [1.29, 1.82) is 0 Å². The summed E-state index contributed by atoms with van der Waals surface area (Å²) in [6, 6.07) is 0. The third-order valence-corrected chi connectivity index (χ3v) is 3.47. The normalized spacial score (nSPS) is 26.6. The summed E-state index contributed by atoms with van der Waals surface area (Å²) < 4.78 is 31.6. The summed E-state index contributed by atoms with van der Waals surface area (Å²) in [5.74, 6) is -2.80. The number of carbonyl (C=O) groups is 5. The smallest absolute Gasteiger partial charge is 0.303 e. The van der Waals surface area contributed by atoms with E-state index in [1.807, 2.05) is 0 Å². The van der Waals surface area contributed by atoms with Crippen molar-refractivity contribution in [2.24, 2.45) is 0 Å². The Morgan fingerprint density at radius 1 is 0.821 bits per heavy atom. The Morgan fingerprint density at radius 3 is 1.86 bits per heavy atom. The Kier molecular flexibility index (Phi) is 9.52. The molecule has 0 amide bonds. The molecule has 1 aliphatic rings. The molecule has 1 aliphatic heterocycles. The molecular weight excluding hydrogens is 380 g/mol. The van der Waals surface area contributed by atoms with E-state index in [1.54, 1.807) is 0 Å². The Hall–Kier alpha value is -2.53. The van der Waals surface area contributed by atoms with Crippen molar-refractivity contribution in [1.82, 2.24) is 0 Å². The summed E-state index contributed by atoms with van der Waals surface area (Å²) in [5.41, 5.74) is 0. The minimum atomic E-state index is -1.29. The standard InChI is InChI=1S/C17H24O11/c1-9(19)24-8-13-14(25-10(2)20)15(26-11(3)21)16(27-12(4)22)17(28-13)23-7-5-6-18/h6,13-17H,5,7-8H2,1-4H3/t13-,14-,15+,16-,17-/m1/s1. The lowest BCUT2D eigenvalue weighted by atomic mass is 9.98. The molecular formula is C17H24O11. The van der Waals surface area contributed by atoms with Gasteiger partial charge in [0.1, 0.15) is 19.0 Å². The van der Waals surface area contributed by atoms with E-state index in [0.29, 0.717) is 6.29 Å². The molecule has 0 radical (unpaired) electrons. The third-order valence-electron chi connectivity index (χ3n) is 3.47. The van der Waals surface area contributed by atoms with Crippen molar-refractivity contribution < 1.29 is 52.4 Å². The van der Waals surface area contributed by atoms with Crippen molar-refractivity contribution in [3.63, 3.8) is 0 Å². The first-order chi connectivity index (χ1) is 13.1. The first-order valence-electron chi connectivity index (χ1n) is 8.51. The van der Waals surface area contributed by atoms with E-state index in [1.165, 1.54) is 6.92 Å². The molecule has 0 aromatic heterocycles. The third kappa shape index (κ3) is 7.61. The topological polar surface area (TPSA) is 141 Å². The van der Waals surface area contributed by atoms with Gasteiger partial charge in [0.2, 0.25) is 0 Å². The molecule has 1 rings (SSSR count). The van der Waals surface area contributed by atoms with Crippen LogP contribution in [0.5, 0.6) is 0 Å². The largest absolute Gasteiger partial charge is 0.463 e. The van der Waals surface area contributed by atoms with Crippen LogP contribution in [-0.2, 0) is 52.4 Å². The van der Waals surface area contributed by atoms with Gasteiger partial charge in [-0.2, -0.15) is 0 Å². The molecule has 0 spiro atoms. The van der Waals surface area contributed by atoms with Gasteiger partial charge in [0.15, 0.2) is 24.6 Å². The number of carbonyl (C=O) groups excluding carboxylic acids is 5. The molecule has 28 heavy (non-hydrogen) atoms. The molecule has 1 fully saturated rings. The zero-order valence-electron chi connectivity index (χ0n) is 16.1. The predicted molar refractivity (Wildman–Crippen MR) is 88.6 cm³/mol. The van der Waals surface area contributed by atoms with E-state index in [2.05, 4.69) is 0 Å². The fourth-order valence-corrected chi connectivity index (χ4v) is 2.56. The van der Waals surface area contributed by atoms with Crippen LogP contribution in [0.1, 0.15) is 34.1 Å². The summed E-state index contributed by atoms with van der Waals surface area (Å²) in [6.07, 6.45) is -5.51. The first-order valence-corrected chi connectivity index (χ1v) is 8.51. The van der Waals surface area contributed by atoms with Crippen LogP contribution >= 0.6 is 0 Å². The van der Waals surface area contributed by atoms with Gasteiger partial charge in [0, 0.05) is 34.1 Å². The fourth-order valence-electron chi connectivity index (χ4n) is 2.56. The Balaban J connectivity index is 3.22. The highest BCUT2D eigenvalue weighted by Crippen LogP contribution is 2.29. The van der Waals surface area contributed by atoms with Gasteiger partial charge in [-0.1, -0.05) is 0 Å². The number of aldehydes is 1. The molecule has 0 aromatic rings. The van der Waals surface area contributed by atoms with Crippen LogP contribution in [0.25, 0.3) is 0 Å². The highest BCUT2D eigenvalue weighted by atomic mass is 16.7. The summed E-state index contributed by atoms with van der Waals surface area (Å²) in [5, 5.41) is 0. The monoisotopic (exact) mass is 404 g/mol. The number of hydrogen-bond donors (Lipinski definition) is 0. The van der Waals surface area contributed by atoms with Crippen molar-refractivity contribution in [2.75, 3.05) is 13.2 Å². The lowest BCUT2D eigenvalue weighted by molar-refractivity contribution is -0.307. The number of esters is 4. The lowest BCUT2D eigenvalue weighted by Gasteiger charge is -2.44. The number of rotatable bonds is 9. The molecule has 0 aliphatic carbocycles. The van der Waals surface area contributed by atoms with Gasteiger partial charge < -0.3 is 33.2 Å². The van der Waals surface area contributed by atoms with Crippen molar-refractivity contribution in [3.8, 4) is 0 Å². The summed E-state index contributed by atoms with van der Waals surface area (Å²) in [7, 11) is 0. The zero-order valence-corrected chi connectivity index (χ0v) is 16.1. The van der Waals surface area contributed by atoms with Crippen LogP contribution < -0.4 is 0 Å². The van der Waals surface area contributed by atoms with Crippen molar-refractivity contribution in [2.45, 2.75) is 64.8 Å². The second-order valence-electron chi connectivity index (χ2n) is 5.89. The molecule has 0 N–H and O–H groups in total. The van der Waals surface area contributed by atoms with Gasteiger partial charge in [0.25, 0.3) is 0 Å². The van der Waals surface area contributed by atoms with Crippen LogP contribution in [0.15, 0.2) is 0 Å². The van der Waals surface area contributed by atoms with Crippen LogP contribution in [0.3, 0.4) is 0 Å². The minimum Gasteiger partial charge on any atom is -0.463 e. The maximum atomic E-state index is 11.6. The molecule has 1 saturated heterocycles. The van der Waals surface area contributed by atoms with E-state index < -0.39 is 54.6 Å². The van der Waals surface area contributed by atoms with Gasteiger partial charge in [-0.25, -0.2) is 0 Å². The van der Waals surface area contributed by atoms with Gasteiger partial charge in [-0.3, -0.25) is 19.2 Å². The second-order valence-corrected chi connectivity index (χ2v) is 5.89. The molecule has 158 valence electrons. The molecule has 5 atom stereocenters. The number of hydrogen-bond acceptors (Lipinski definition) is 11. The molecule has 0 bridgehead atoms. The number of ether oxygens (including phenoxy) is 6. The highest BCUT2D eigenvalue weighted by Gasteiger charge is 2.52.